The molecule has 0 saturated carbocycles. The minimum atomic E-state index is -0.196. The highest BCUT2D eigenvalue weighted by Crippen LogP contribution is 2.19. The number of hydrogen-bond acceptors (Lipinski definition) is 1. The van der Waals surface area contributed by atoms with Gasteiger partial charge in [-0.05, 0) is 49.6 Å². The Hall–Kier alpha value is -1.44. The summed E-state index contributed by atoms with van der Waals surface area (Å²) in [5, 5.41) is 0. The number of rotatable bonds is 2. The standard InChI is InChI=1S/C12H14FN/c1-4-14-8-10(3)12-6-5-11(13)7-9(12)2/h4-8H,1-3H3. The summed E-state index contributed by atoms with van der Waals surface area (Å²) >= 11 is 0. The Balaban J connectivity index is 3.07. The van der Waals surface area contributed by atoms with Gasteiger partial charge in [0.25, 0.3) is 0 Å². The summed E-state index contributed by atoms with van der Waals surface area (Å²) < 4.78 is 12.8. The second-order valence-electron chi connectivity index (χ2n) is 3.18. The molecule has 0 amide bonds. The maximum absolute atomic E-state index is 12.8. The fourth-order valence-corrected chi connectivity index (χ4v) is 1.33. The Kier molecular flexibility index (Phi) is 3.57. The van der Waals surface area contributed by atoms with E-state index in [0.29, 0.717) is 0 Å². The summed E-state index contributed by atoms with van der Waals surface area (Å²) in [7, 11) is 0. The molecule has 74 valence electrons. The molecule has 0 heterocycles. The molecule has 1 nitrogen and oxygen atoms in total. The van der Waals surface area contributed by atoms with Crippen LogP contribution in [-0.4, -0.2) is 6.21 Å². The van der Waals surface area contributed by atoms with Gasteiger partial charge in [-0.25, -0.2) is 4.39 Å². The quantitative estimate of drug-likeness (QED) is 0.633. The Bertz CT molecular complexity index is 378. The molecule has 0 saturated heterocycles. The van der Waals surface area contributed by atoms with Crippen molar-refractivity contribution in [3.8, 4) is 0 Å². The third-order valence-corrected chi connectivity index (χ3v) is 2.03. The van der Waals surface area contributed by atoms with Crippen molar-refractivity contribution in [3.63, 3.8) is 0 Å². The lowest BCUT2D eigenvalue weighted by molar-refractivity contribution is 0.626. The van der Waals surface area contributed by atoms with Gasteiger partial charge in [0.05, 0.1) is 0 Å². The zero-order chi connectivity index (χ0) is 10.6. The van der Waals surface area contributed by atoms with E-state index in [1.54, 1.807) is 18.5 Å². The maximum atomic E-state index is 12.8. The third kappa shape index (κ3) is 2.52. The average molecular weight is 191 g/mol. The van der Waals surface area contributed by atoms with Gasteiger partial charge in [0.2, 0.25) is 0 Å². The molecule has 0 aromatic heterocycles. The monoisotopic (exact) mass is 191 g/mol. The Morgan fingerprint density at radius 1 is 1.43 bits per heavy atom. The van der Waals surface area contributed by atoms with E-state index >= 15 is 0 Å². The van der Waals surface area contributed by atoms with Crippen molar-refractivity contribution in [3.05, 3.63) is 41.3 Å². The van der Waals surface area contributed by atoms with Crippen molar-refractivity contribution in [2.75, 3.05) is 0 Å². The van der Waals surface area contributed by atoms with Crippen molar-refractivity contribution in [1.82, 2.24) is 0 Å². The van der Waals surface area contributed by atoms with E-state index in [2.05, 4.69) is 4.99 Å². The van der Waals surface area contributed by atoms with Crippen molar-refractivity contribution < 1.29 is 4.39 Å². The van der Waals surface area contributed by atoms with Crippen LogP contribution in [0, 0.1) is 12.7 Å². The third-order valence-electron chi connectivity index (χ3n) is 2.03. The number of allylic oxidation sites excluding steroid dienone is 1. The average Bonchev–Trinajstić information content (AvgIpc) is 2.14. The molecule has 14 heavy (non-hydrogen) atoms. The van der Waals surface area contributed by atoms with Crippen LogP contribution in [0.5, 0.6) is 0 Å². The first-order valence-corrected chi connectivity index (χ1v) is 4.56. The highest BCUT2D eigenvalue weighted by Gasteiger charge is 2.00. The second-order valence-corrected chi connectivity index (χ2v) is 3.18. The largest absolute Gasteiger partial charge is 0.269 e. The van der Waals surface area contributed by atoms with Crippen LogP contribution in [0.2, 0.25) is 0 Å². The number of nitrogens with zero attached hydrogens (tertiary/aromatic N) is 1. The molecule has 1 aromatic carbocycles. The molecular weight excluding hydrogens is 177 g/mol. The molecule has 0 atom stereocenters. The van der Waals surface area contributed by atoms with Gasteiger partial charge in [-0.15, -0.1) is 0 Å². The predicted octanol–water partition coefficient (Wildman–Crippen LogP) is 3.59. The fourth-order valence-electron chi connectivity index (χ4n) is 1.33. The molecule has 0 aliphatic carbocycles. The molecule has 0 radical (unpaired) electrons. The van der Waals surface area contributed by atoms with Gasteiger partial charge >= 0.3 is 0 Å². The molecule has 0 N–H and O–H groups in total. The normalized spacial score (nSPS) is 12.4. The number of aliphatic imine (C=N–C) groups is 1. The lowest BCUT2D eigenvalue weighted by Gasteiger charge is -2.04. The Morgan fingerprint density at radius 3 is 2.71 bits per heavy atom. The van der Waals surface area contributed by atoms with Gasteiger partial charge < -0.3 is 0 Å². The highest BCUT2D eigenvalue weighted by molar-refractivity contribution is 5.68. The molecular formula is C12H14FN. The van der Waals surface area contributed by atoms with E-state index in [-0.39, 0.29) is 5.82 Å². The van der Waals surface area contributed by atoms with Crippen molar-refractivity contribution in [2.24, 2.45) is 4.99 Å². The predicted molar refractivity (Wildman–Crippen MR) is 59.0 cm³/mol. The number of halogens is 1. The maximum Gasteiger partial charge on any atom is 0.123 e. The van der Waals surface area contributed by atoms with Gasteiger partial charge in [-0.2, -0.15) is 0 Å². The van der Waals surface area contributed by atoms with Crippen LogP contribution < -0.4 is 0 Å². The van der Waals surface area contributed by atoms with Gasteiger partial charge in [-0.1, -0.05) is 6.07 Å². The van der Waals surface area contributed by atoms with E-state index in [4.69, 9.17) is 0 Å². The van der Waals surface area contributed by atoms with Crippen LogP contribution in [-0.2, 0) is 0 Å². The van der Waals surface area contributed by atoms with E-state index in [0.717, 1.165) is 16.7 Å². The molecule has 0 aliphatic heterocycles. The first kappa shape index (κ1) is 10.6. The zero-order valence-corrected chi connectivity index (χ0v) is 8.71. The van der Waals surface area contributed by atoms with Crippen LogP contribution in [0.4, 0.5) is 4.39 Å². The van der Waals surface area contributed by atoms with E-state index in [9.17, 15) is 4.39 Å². The van der Waals surface area contributed by atoms with E-state index in [1.807, 2.05) is 20.8 Å². The first-order chi connectivity index (χ1) is 6.65. The SMILES string of the molecule is CC=NC=C(C)c1ccc(F)cc1C. The minimum Gasteiger partial charge on any atom is -0.269 e. The second kappa shape index (κ2) is 4.70. The van der Waals surface area contributed by atoms with Crippen LogP contribution in [0.25, 0.3) is 5.57 Å². The van der Waals surface area contributed by atoms with Gasteiger partial charge in [0.15, 0.2) is 0 Å². The first-order valence-electron chi connectivity index (χ1n) is 4.56. The van der Waals surface area contributed by atoms with E-state index in [1.165, 1.54) is 12.1 Å². The summed E-state index contributed by atoms with van der Waals surface area (Å²) in [5.74, 6) is -0.196. The Morgan fingerprint density at radius 2 is 2.14 bits per heavy atom. The Labute approximate surface area is 84.0 Å². The molecule has 0 fully saturated rings. The van der Waals surface area contributed by atoms with Gasteiger partial charge in [0.1, 0.15) is 5.82 Å². The summed E-state index contributed by atoms with van der Waals surface area (Å²) in [4.78, 5) is 4.03. The van der Waals surface area contributed by atoms with Crippen molar-refractivity contribution in [1.29, 1.82) is 0 Å². The van der Waals surface area contributed by atoms with Crippen LogP contribution in [0.1, 0.15) is 25.0 Å². The number of hydrogen-bond donors (Lipinski definition) is 0. The summed E-state index contributed by atoms with van der Waals surface area (Å²) in [6, 6.07) is 4.78. The van der Waals surface area contributed by atoms with Gasteiger partial charge in [0, 0.05) is 12.4 Å². The van der Waals surface area contributed by atoms with Crippen LogP contribution in [0.15, 0.2) is 29.4 Å². The summed E-state index contributed by atoms with van der Waals surface area (Å²) in [6.07, 6.45) is 3.50. The van der Waals surface area contributed by atoms with Gasteiger partial charge in [-0.3, -0.25) is 4.99 Å². The molecule has 0 unspecified atom stereocenters. The molecule has 0 spiro atoms. The molecule has 2 heteroatoms. The van der Waals surface area contributed by atoms with Crippen LogP contribution in [0.3, 0.4) is 0 Å². The summed E-state index contributed by atoms with van der Waals surface area (Å²) in [6.45, 7) is 5.72. The van der Waals surface area contributed by atoms with Crippen molar-refractivity contribution >= 4 is 11.8 Å². The van der Waals surface area contributed by atoms with Crippen LogP contribution >= 0.6 is 0 Å². The highest BCUT2D eigenvalue weighted by atomic mass is 19.1. The minimum absolute atomic E-state index is 0.196. The molecule has 0 aliphatic rings. The lowest BCUT2D eigenvalue weighted by atomic mass is 10.0. The molecule has 1 aromatic rings. The van der Waals surface area contributed by atoms with E-state index < -0.39 is 0 Å². The molecule has 1 rings (SSSR count). The number of aryl methyl sites for hydroxylation is 1. The number of benzene rings is 1. The topological polar surface area (TPSA) is 12.4 Å². The lowest BCUT2D eigenvalue weighted by Crippen LogP contribution is -1.86. The van der Waals surface area contributed by atoms with Crippen molar-refractivity contribution in [2.45, 2.75) is 20.8 Å². The molecule has 0 bridgehead atoms. The smallest absolute Gasteiger partial charge is 0.123 e. The summed E-state index contributed by atoms with van der Waals surface area (Å²) in [5.41, 5.74) is 3.02. The zero-order valence-electron chi connectivity index (χ0n) is 8.71. The fraction of sp³-hybridized carbons (Fsp3) is 0.250.